The Balaban J connectivity index is 1.48. The minimum atomic E-state index is -2.99. The summed E-state index contributed by atoms with van der Waals surface area (Å²) in [5, 5.41) is 1.91. The summed E-state index contributed by atoms with van der Waals surface area (Å²) in [5.74, 6) is -0.00474. The van der Waals surface area contributed by atoms with Gasteiger partial charge >= 0.3 is 12.6 Å². The number of benzene rings is 2. The minimum absolute atomic E-state index is 0.0337. The number of thiazole rings is 1. The Hall–Kier alpha value is -3.79. The Labute approximate surface area is 185 Å². The molecule has 0 fully saturated rings. The number of hydrogen-bond donors (Lipinski definition) is 0. The van der Waals surface area contributed by atoms with Crippen LogP contribution in [0.25, 0.3) is 6.08 Å². The number of aliphatic imine (C=N–C) groups is 1. The molecule has 2 heterocycles. The van der Waals surface area contributed by atoms with Gasteiger partial charge in [-0.2, -0.15) is 8.78 Å². The molecule has 0 spiro atoms. The first kappa shape index (κ1) is 21.4. The lowest BCUT2D eigenvalue weighted by Crippen LogP contribution is -2.07. The van der Waals surface area contributed by atoms with Gasteiger partial charge in [0, 0.05) is 10.9 Å². The molecule has 1 aliphatic rings. The number of ether oxygens (including phenoxy) is 4. The monoisotopic (exact) mass is 458 g/mol. The van der Waals surface area contributed by atoms with Crippen molar-refractivity contribution >= 4 is 29.3 Å². The van der Waals surface area contributed by atoms with Crippen LogP contribution in [-0.4, -0.2) is 30.6 Å². The van der Waals surface area contributed by atoms with Gasteiger partial charge in [0.2, 0.25) is 5.90 Å². The van der Waals surface area contributed by atoms with E-state index in [2.05, 4.69) is 14.7 Å². The molecule has 0 N–H and O–H groups in total. The number of aromatic nitrogens is 1. The highest BCUT2D eigenvalue weighted by Gasteiger charge is 2.25. The van der Waals surface area contributed by atoms with Crippen LogP contribution >= 0.6 is 11.3 Å². The fraction of sp³-hybridized carbons (Fsp3) is 0.136. The molecule has 0 amide bonds. The fourth-order valence-corrected chi connectivity index (χ4v) is 3.35. The molecule has 10 heteroatoms. The molecule has 1 aliphatic heterocycles. The van der Waals surface area contributed by atoms with Crippen molar-refractivity contribution in [1.82, 2.24) is 4.98 Å². The van der Waals surface area contributed by atoms with Gasteiger partial charge < -0.3 is 18.9 Å². The third-order valence-corrected chi connectivity index (χ3v) is 4.94. The number of methoxy groups -OCH3 is 1. The molecule has 0 atom stereocenters. The summed E-state index contributed by atoms with van der Waals surface area (Å²) in [7, 11) is 1.31. The zero-order valence-electron chi connectivity index (χ0n) is 16.7. The predicted octanol–water partition coefficient (Wildman–Crippen LogP) is 4.68. The fourth-order valence-electron chi connectivity index (χ4n) is 2.81. The number of alkyl halides is 2. The molecule has 1 aromatic heterocycles. The van der Waals surface area contributed by atoms with Crippen molar-refractivity contribution in [3.05, 3.63) is 75.9 Å². The lowest BCUT2D eigenvalue weighted by Gasteiger charge is -2.10. The summed E-state index contributed by atoms with van der Waals surface area (Å²) in [4.78, 5) is 20.6. The molecule has 0 saturated carbocycles. The van der Waals surface area contributed by atoms with Crippen LogP contribution in [0.5, 0.6) is 17.2 Å². The van der Waals surface area contributed by atoms with Gasteiger partial charge in [0.25, 0.3) is 0 Å². The van der Waals surface area contributed by atoms with Crippen LogP contribution in [-0.2, 0) is 16.1 Å². The summed E-state index contributed by atoms with van der Waals surface area (Å²) < 4.78 is 45.3. The second-order valence-electron chi connectivity index (χ2n) is 6.42. The van der Waals surface area contributed by atoms with Gasteiger partial charge in [0.05, 0.1) is 18.3 Å². The normalized spacial score (nSPS) is 14.4. The minimum Gasteiger partial charge on any atom is -0.493 e. The average molecular weight is 458 g/mol. The van der Waals surface area contributed by atoms with Crippen molar-refractivity contribution in [3.63, 3.8) is 0 Å². The maximum absolute atomic E-state index is 12.5. The summed E-state index contributed by atoms with van der Waals surface area (Å²) >= 11 is 1.50. The van der Waals surface area contributed by atoms with Crippen LogP contribution in [0.15, 0.2) is 64.0 Å². The Morgan fingerprint density at radius 3 is 2.66 bits per heavy atom. The van der Waals surface area contributed by atoms with Crippen molar-refractivity contribution in [1.29, 1.82) is 0 Å². The summed E-state index contributed by atoms with van der Waals surface area (Å²) in [6, 6.07) is 11.3. The van der Waals surface area contributed by atoms with Crippen LogP contribution in [0.4, 0.5) is 8.78 Å². The van der Waals surface area contributed by atoms with Gasteiger partial charge in [0.1, 0.15) is 12.4 Å². The summed E-state index contributed by atoms with van der Waals surface area (Å²) in [6.07, 6.45) is 1.57. The molecular formula is C22H16F2N2O5S. The molecule has 7 nitrogen and oxygen atoms in total. The molecule has 3 aromatic rings. The van der Waals surface area contributed by atoms with Gasteiger partial charge in [-0.25, -0.2) is 14.8 Å². The molecule has 32 heavy (non-hydrogen) atoms. The molecule has 2 aromatic carbocycles. The van der Waals surface area contributed by atoms with Crippen LogP contribution in [0.2, 0.25) is 0 Å². The topological polar surface area (TPSA) is 79.2 Å². The smallest absolute Gasteiger partial charge is 0.387 e. The predicted molar refractivity (Wildman–Crippen MR) is 113 cm³/mol. The first-order chi connectivity index (χ1) is 15.5. The van der Waals surface area contributed by atoms with Crippen LogP contribution in [0, 0.1) is 0 Å². The highest BCUT2D eigenvalue weighted by molar-refractivity contribution is 7.07. The number of carbonyl (C=O) groups excluding carboxylic acids is 1. The number of hydrogen-bond acceptors (Lipinski definition) is 8. The largest absolute Gasteiger partial charge is 0.493 e. The average Bonchev–Trinajstić information content (AvgIpc) is 3.43. The van der Waals surface area contributed by atoms with E-state index in [1.807, 2.05) is 5.38 Å². The Bertz CT molecular complexity index is 1160. The lowest BCUT2D eigenvalue weighted by molar-refractivity contribution is -0.129. The second kappa shape index (κ2) is 9.56. The number of halogens is 2. The Morgan fingerprint density at radius 1 is 1.16 bits per heavy atom. The first-order valence-corrected chi connectivity index (χ1v) is 10.2. The molecule has 4 rings (SSSR count). The lowest BCUT2D eigenvalue weighted by atomic mass is 10.2. The van der Waals surface area contributed by atoms with Crippen molar-refractivity contribution < 1.29 is 32.5 Å². The van der Waals surface area contributed by atoms with Crippen LogP contribution in [0.1, 0.15) is 16.8 Å². The van der Waals surface area contributed by atoms with E-state index < -0.39 is 12.6 Å². The Kier molecular flexibility index (Phi) is 6.41. The van der Waals surface area contributed by atoms with E-state index in [1.165, 1.54) is 36.6 Å². The van der Waals surface area contributed by atoms with E-state index in [4.69, 9.17) is 14.2 Å². The molecule has 0 radical (unpaired) electrons. The quantitative estimate of drug-likeness (QED) is 0.360. The molecule has 164 valence electrons. The standard InChI is InChI=1S/C22H16F2N2O5S/c1-28-19-9-14(4-7-18(19)30-22(23)24)20-26-17(21(27)31-20)8-13-2-5-16(6-3-13)29-10-15-11-32-12-25-15/h2-9,11-12,22H,10H2,1H3/b17-8-. The van der Waals surface area contributed by atoms with Gasteiger partial charge in [-0.15, -0.1) is 11.3 Å². The second-order valence-corrected chi connectivity index (χ2v) is 7.14. The SMILES string of the molecule is COc1cc(C2=N/C(=C\c3ccc(OCc4cscn4)cc3)C(=O)O2)ccc1OC(F)F. The van der Waals surface area contributed by atoms with E-state index in [9.17, 15) is 13.6 Å². The van der Waals surface area contributed by atoms with E-state index in [0.29, 0.717) is 17.9 Å². The van der Waals surface area contributed by atoms with Crippen molar-refractivity contribution in [2.75, 3.05) is 7.11 Å². The van der Waals surface area contributed by atoms with Crippen molar-refractivity contribution in [2.45, 2.75) is 13.2 Å². The third kappa shape index (κ3) is 5.09. The molecular weight excluding hydrogens is 442 g/mol. The van der Waals surface area contributed by atoms with Crippen LogP contribution in [0.3, 0.4) is 0 Å². The highest BCUT2D eigenvalue weighted by Crippen LogP contribution is 2.31. The Morgan fingerprint density at radius 2 is 1.97 bits per heavy atom. The molecule has 0 unspecified atom stereocenters. The summed E-state index contributed by atoms with van der Waals surface area (Å²) in [6.45, 7) is -2.62. The highest BCUT2D eigenvalue weighted by atomic mass is 32.1. The zero-order valence-corrected chi connectivity index (χ0v) is 17.5. The number of carbonyl (C=O) groups is 1. The number of esters is 1. The molecule has 0 bridgehead atoms. The van der Waals surface area contributed by atoms with Crippen molar-refractivity contribution in [3.8, 4) is 17.2 Å². The molecule has 0 saturated heterocycles. The van der Waals surface area contributed by atoms with E-state index in [0.717, 1.165) is 11.3 Å². The third-order valence-electron chi connectivity index (χ3n) is 4.30. The van der Waals surface area contributed by atoms with Gasteiger partial charge in [-0.1, -0.05) is 12.1 Å². The number of rotatable bonds is 8. The number of nitrogens with zero attached hydrogens (tertiary/aromatic N) is 2. The van der Waals surface area contributed by atoms with E-state index in [1.54, 1.807) is 35.9 Å². The zero-order chi connectivity index (χ0) is 22.5. The summed E-state index contributed by atoms with van der Waals surface area (Å²) in [5.41, 5.74) is 3.79. The number of cyclic esters (lactones) is 1. The van der Waals surface area contributed by atoms with Gasteiger partial charge in [-0.3, -0.25) is 0 Å². The maximum atomic E-state index is 12.5. The van der Waals surface area contributed by atoms with Gasteiger partial charge in [-0.05, 0) is 42.0 Å². The van der Waals surface area contributed by atoms with Gasteiger partial charge in [0.15, 0.2) is 17.2 Å². The first-order valence-electron chi connectivity index (χ1n) is 9.27. The molecule has 0 aliphatic carbocycles. The maximum Gasteiger partial charge on any atom is 0.387 e. The van der Waals surface area contributed by atoms with E-state index >= 15 is 0 Å². The van der Waals surface area contributed by atoms with Crippen LogP contribution < -0.4 is 14.2 Å². The van der Waals surface area contributed by atoms with E-state index in [-0.39, 0.29) is 23.1 Å². The van der Waals surface area contributed by atoms with Crippen molar-refractivity contribution in [2.24, 2.45) is 4.99 Å².